The second-order valence-electron chi connectivity index (χ2n) is 5.72. The fourth-order valence-corrected chi connectivity index (χ4v) is 3.62. The summed E-state index contributed by atoms with van der Waals surface area (Å²) in [6, 6.07) is 12.2. The first-order valence-electron chi connectivity index (χ1n) is 7.67. The molecule has 0 unspecified atom stereocenters. The number of carbonyl (C=O) groups excluding carboxylic acids is 1. The molecule has 0 atom stereocenters. The topological polar surface area (TPSA) is 87.3 Å². The van der Waals surface area contributed by atoms with Crippen LogP contribution in [0.2, 0.25) is 5.02 Å². The van der Waals surface area contributed by atoms with Crippen LogP contribution in [0.15, 0.2) is 53.4 Å². The standard InChI is InChI=1S/C17H18ClN3O3S2/c1-11(2)21-26(23,24)15-9-7-14(8-10-15)19-17(25)20-16(22)12-3-5-13(18)6-4-12/h3-11,21H,1-2H3,(H2,19,20,22,25). The summed E-state index contributed by atoms with van der Waals surface area (Å²) in [5.41, 5.74) is 0.967. The average molecular weight is 412 g/mol. The van der Waals surface area contributed by atoms with Gasteiger partial charge in [0, 0.05) is 22.3 Å². The van der Waals surface area contributed by atoms with Crippen LogP contribution in [0.1, 0.15) is 24.2 Å². The third-order valence-electron chi connectivity index (χ3n) is 3.15. The van der Waals surface area contributed by atoms with Gasteiger partial charge in [-0.15, -0.1) is 0 Å². The van der Waals surface area contributed by atoms with E-state index in [9.17, 15) is 13.2 Å². The van der Waals surface area contributed by atoms with Crippen LogP contribution < -0.4 is 15.4 Å². The van der Waals surface area contributed by atoms with Crippen molar-refractivity contribution < 1.29 is 13.2 Å². The summed E-state index contributed by atoms with van der Waals surface area (Å²) >= 11 is 10.9. The average Bonchev–Trinajstić information content (AvgIpc) is 2.54. The van der Waals surface area contributed by atoms with Gasteiger partial charge in [-0.05, 0) is 74.6 Å². The van der Waals surface area contributed by atoms with Crippen molar-refractivity contribution in [3.05, 3.63) is 59.1 Å². The maximum absolute atomic E-state index is 12.1. The Labute approximate surface area is 163 Å². The van der Waals surface area contributed by atoms with E-state index in [1.807, 2.05) is 0 Å². The van der Waals surface area contributed by atoms with E-state index in [4.69, 9.17) is 23.8 Å². The maximum Gasteiger partial charge on any atom is 0.257 e. The van der Waals surface area contributed by atoms with E-state index in [0.717, 1.165) is 0 Å². The summed E-state index contributed by atoms with van der Waals surface area (Å²) in [6.07, 6.45) is 0. The Morgan fingerprint density at radius 1 is 1.04 bits per heavy atom. The molecular formula is C17H18ClN3O3S2. The van der Waals surface area contributed by atoms with Crippen molar-refractivity contribution in [3.8, 4) is 0 Å². The highest BCUT2D eigenvalue weighted by Crippen LogP contribution is 2.14. The number of hydrogen-bond acceptors (Lipinski definition) is 4. The van der Waals surface area contributed by atoms with Gasteiger partial charge < -0.3 is 5.32 Å². The van der Waals surface area contributed by atoms with Crippen LogP contribution >= 0.6 is 23.8 Å². The van der Waals surface area contributed by atoms with Crippen LogP contribution in [-0.4, -0.2) is 25.5 Å². The fraction of sp³-hybridized carbons (Fsp3) is 0.176. The lowest BCUT2D eigenvalue weighted by molar-refractivity contribution is 0.0977. The predicted octanol–water partition coefficient (Wildman–Crippen LogP) is 3.15. The number of nitrogens with one attached hydrogen (secondary N) is 3. The van der Waals surface area contributed by atoms with Crippen LogP contribution in [0.5, 0.6) is 0 Å². The normalized spacial score (nSPS) is 11.2. The molecule has 3 N–H and O–H groups in total. The molecule has 26 heavy (non-hydrogen) atoms. The van der Waals surface area contributed by atoms with Crippen LogP contribution in [0.3, 0.4) is 0 Å². The van der Waals surface area contributed by atoms with Gasteiger partial charge in [0.25, 0.3) is 5.91 Å². The third-order valence-corrected chi connectivity index (χ3v) is 5.28. The van der Waals surface area contributed by atoms with E-state index >= 15 is 0 Å². The molecule has 138 valence electrons. The Kier molecular flexibility index (Phi) is 6.71. The molecule has 0 radical (unpaired) electrons. The lowest BCUT2D eigenvalue weighted by Crippen LogP contribution is -2.34. The zero-order valence-electron chi connectivity index (χ0n) is 14.1. The molecule has 1 amide bonds. The van der Waals surface area contributed by atoms with Crippen molar-refractivity contribution in [2.24, 2.45) is 0 Å². The summed E-state index contributed by atoms with van der Waals surface area (Å²) in [6.45, 7) is 3.49. The van der Waals surface area contributed by atoms with Gasteiger partial charge in [0.05, 0.1) is 4.90 Å². The smallest absolute Gasteiger partial charge is 0.257 e. The molecule has 6 nitrogen and oxygen atoms in total. The number of rotatable bonds is 5. The summed E-state index contributed by atoms with van der Waals surface area (Å²) in [5.74, 6) is -0.375. The molecule has 0 aliphatic carbocycles. The molecule has 0 aliphatic rings. The zero-order valence-corrected chi connectivity index (χ0v) is 16.5. The van der Waals surface area contributed by atoms with Gasteiger partial charge in [0.2, 0.25) is 10.0 Å². The molecule has 0 fully saturated rings. The van der Waals surface area contributed by atoms with E-state index in [0.29, 0.717) is 16.3 Å². The first-order valence-corrected chi connectivity index (χ1v) is 9.94. The van der Waals surface area contributed by atoms with E-state index in [1.165, 1.54) is 12.1 Å². The molecule has 2 aromatic carbocycles. The summed E-state index contributed by atoms with van der Waals surface area (Å²) in [7, 11) is -3.55. The highest BCUT2D eigenvalue weighted by molar-refractivity contribution is 7.89. The molecule has 2 rings (SSSR count). The van der Waals surface area contributed by atoms with Gasteiger partial charge >= 0.3 is 0 Å². The summed E-state index contributed by atoms with van der Waals surface area (Å²) in [5, 5.41) is 6.00. The number of carbonyl (C=O) groups is 1. The monoisotopic (exact) mass is 411 g/mol. The van der Waals surface area contributed by atoms with E-state index in [1.54, 1.807) is 50.2 Å². The first kappa shape index (κ1) is 20.3. The van der Waals surface area contributed by atoms with Gasteiger partial charge in [0.1, 0.15) is 0 Å². The highest BCUT2D eigenvalue weighted by Gasteiger charge is 2.15. The number of benzene rings is 2. The van der Waals surface area contributed by atoms with Crippen LogP contribution in [-0.2, 0) is 10.0 Å². The van der Waals surface area contributed by atoms with Crippen molar-refractivity contribution in [1.82, 2.24) is 10.0 Å². The number of sulfonamides is 1. The largest absolute Gasteiger partial charge is 0.332 e. The van der Waals surface area contributed by atoms with Crippen LogP contribution in [0.4, 0.5) is 5.69 Å². The van der Waals surface area contributed by atoms with E-state index in [-0.39, 0.29) is 22.0 Å². The number of hydrogen-bond donors (Lipinski definition) is 3. The molecule has 0 saturated carbocycles. The van der Waals surface area contributed by atoms with Gasteiger partial charge in [-0.3, -0.25) is 10.1 Å². The summed E-state index contributed by atoms with van der Waals surface area (Å²) in [4.78, 5) is 12.2. The van der Waals surface area contributed by atoms with Crippen LogP contribution in [0, 0.1) is 0 Å². The molecule has 0 heterocycles. The van der Waals surface area contributed by atoms with E-state index in [2.05, 4.69) is 15.4 Å². The third kappa shape index (κ3) is 5.77. The Hall–Kier alpha value is -2.00. The summed E-state index contributed by atoms with van der Waals surface area (Å²) < 4.78 is 26.7. The molecular weight excluding hydrogens is 394 g/mol. The Balaban J connectivity index is 1.99. The van der Waals surface area contributed by atoms with Crippen LogP contribution in [0.25, 0.3) is 0 Å². The van der Waals surface area contributed by atoms with Gasteiger partial charge in [-0.2, -0.15) is 0 Å². The number of thiocarbonyl (C=S) groups is 1. The van der Waals surface area contributed by atoms with Crippen molar-refractivity contribution in [2.75, 3.05) is 5.32 Å². The minimum Gasteiger partial charge on any atom is -0.332 e. The van der Waals surface area contributed by atoms with Gasteiger partial charge in [-0.25, -0.2) is 13.1 Å². The second kappa shape index (κ2) is 8.59. The Bertz CT molecular complexity index is 896. The molecule has 0 aliphatic heterocycles. The number of halogens is 1. The SMILES string of the molecule is CC(C)NS(=O)(=O)c1ccc(NC(=S)NC(=O)c2ccc(Cl)cc2)cc1. The van der Waals surface area contributed by atoms with Crippen molar-refractivity contribution in [2.45, 2.75) is 24.8 Å². The second-order valence-corrected chi connectivity index (χ2v) is 8.27. The minimum atomic E-state index is -3.55. The van der Waals surface area contributed by atoms with Crippen molar-refractivity contribution in [1.29, 1.82) is 0 Å². The van der Waals surface area contributed by atoms with E-state index < -0.39 is 10.0 Å². The molecule has 0 aromatic heterocycles. The maximum atomic E-state index is 12.1. The van der Waals surface area contributed by atoms with Gasteiger partial charge in [0.15, 0.2) is 5.11 Å². The van der Waals surface area contributed by atoms with Crippen molar-refractivity contribution >= 4 is 50.5 Å². The lowest BCUT2D eigenvalue weighted by Gasteiger charge is -2.12. The Morgan fingerprint density at radius 3 is 2.15 bits per heavy atom. The Morgan fingerprint density at radius 2 is 1.62 bits per heavy atom. The molecule has 9 heteroatoms. The molecule has 2 aromatic rings. The number of amides is 1. The first-order chi connectivity index (χ1) is 12.2. The lowest BCUT2D eigenvalue weighted by atomic mass is 10.2. The number of anilines is 1. The fourth-order valence-electron chi connectivity index (χ4n) is 2.03. The minimum absolute atomic E-state index is 0.0980. The highest BCUT2D eigenvalue weighted by atomic mass is 35.5. The van der Waals surface area contributed by atoms with Crippen molar-refractivity contribution in [3.63, 3.8) is 0 Å². The predicted molar refractivity (Wildman–Crippen MR) is 107 cm³/mol. The quantitative estimate of drug-likeness (QED) is 0.658. The molecule has 0 saturated heterocycles. The molecule has 0 bridgehead atoms. The zero-order chi connectivity index (χ0) is 19.3. The molecule has 0 spiro atoms. The van der Waals surface area contributed by atoms with Gasteiger partial charge in [-0.1, -0.05) is 11.6 Å².